The first-order valence-corrected chi connectivity index (χ1v) is 10.8. The summed E-state index contributed by atoms with van der Waals surface area (Å²) in [4.78, 5) is 28.0. The maximum Gasteiger partial charge on any atom is 0.322 e. The first-order chi connectivity index (χ1) is 16.0. The van der Waals surface area contributed by atoms with Gasteiger partial charge in [0.15, 0.2) is 17.3 Å². The molecule has 2 N–H and O–H groups in total. The summed E-state index contributed by atoms with van der Waals surface area (Å²) in [5.74, 6) is 0.112. The number of urea groups is 1. The summed E-state index contributed by atoms with van der Waals surface area (Å²) in [5, 5.41) is 13.3. The van der Waals surface area contributed by atoms with Crippen molar-refractivity contribution in [2.75, 3.05) is 13.7 Å². The van der Waals surface area contributed by atoms with Crippen LogP contribution in [0, 0.1) is 0 Å². The fraction of sp³-hybridized carbons (Fsp3) is 0.185. The highest BCUT2D eigenvalue weighted by atomic mass is 16.5. The van der Waals surface area contributed by atoms with Crippen molar-refractivity contribution in [2.45, 2.75) is 19.4 Å². The van der Waals surface area contributed by atoms with Crippen LogP contribution < -0.4 is 10.1 Å². The van der Waals surface area contributed by atoms with Gasteiger partial charge in [0.05, 0.1) is 18.8 Å². The lowest BCUT2D eigenvalue weighted by Gasteiger charge is -2.37. The van der Waals surface area contributed by atoms with Crippen LogP contribution in [-0.4, -0.2) is 35.5 Å². The van der Waals surface area contributed by atoms with Gasteiger partial charge in [-0.3, -0.25) is 9.69 Å². The van der Waals surface area contributed by atoms with Gasteiger partial charge in [-0.2, -0.15) is 0 Å². The highest BCUT2D eigenvalue weighted by Crippen LogP contribution is 2.38. The largest absolute Gasteiger partial charge is 0.504 e. The Labute approximate surface area is 193 Å². The monoisotopic (exact) mass is 442 g/mol. The van der Waals surface area contributed by atoms with E-state index < -0.39 is 6.04 Å². The summed E-state index contributed by atoms with van der Waals surface area (Å²) >= 11 is 0. The van der Waals surface area contributed by atoms with Crippen LogP contribution in [-0.2, 0) is 11.2 Å². The van der Waals surface area contributed by atoms with Crippen molar-refractivity contribution in [1.29, 1.82) is 0 Å². The molecular formula is C27H26N2O4. The Morgan fingerprint density at radius 3 is 2.30 bits per heavy atom. The number of ether oxygens (including phenoxy) is 1. The van der Waals surface area contributed by atoms with E-state index in [2.05, 4.69) is 5.32 Å². The van der Waals surface area contributed by atoms with Gasteiger partial charge < -0.3 is 15.2 Å². The number of nitrogens with zero attached hydrogens (tertiary/aromatic N) is 1. The van der Waals surface area contributed by atoms with Gasteiger partial charge in [0.1, 0.15) is 0 Å². The zero-order chi connectivity index (χ0) is 23.4. The van der Waals surface area contributed by atoms with Crippen LogP contribution in [0.2, 0.25) is 0 Å². The van der Waals surface area contributed by atoms with E-state index in [1.807, 2.05) is 60.7 Å². The number of phenolic OH excluding ortho intramolecular Hbond substituents is 1. The standard InChI is InChI=1S/C27H26N2O4/c1-18(30)24-25(21-13-14-23(33-2)22(31)17-21)28-27(32)29(16-15-19-9-5-3-6-10-19)26(24)20-11-7-4-8-12-20/h3-14,17,25,31H,15-16H2,1-2H3,(H,28,32). The predicted molar refractivity (Wildman–Crippen MR) is 127 cm³/mol. The summed E-state index contributed by atoms with van der Waals surface area (Å²) < 4.78 is 5.14. The average Bonchev–Trinajstić information content (AvgIpc) is 2.83. The molecule has 3 aromatic carbocycles. The Morgan fingerprint density at radius 1 is 1.03 bits per heavy atom. The predicted octanol–water partition coefficient (Wildman–Crippen LogP) is 4.71. The fourth-order valence-corrected chi connectivity index (χ4v) is 4.17. The zero-order valence-corrected chi connectivity index (χ0v) is 18.6. The molecule has 0 saturated carbocycles. The second-order valence-electron chi connectivity index (χ2n) is 7.89. The minimum Gasteiger partial charge on any atom is -0.504 e. The molecule has 4 rings (SSSR count). The van der Waals surface area contributed by atoms with Crippen molar-refractivity contribution in [2.24, 2.45) is 0 Å². The van der Waals surface area contributed by atoms with Crippen molar-refractivity contribution in [3.05, 3.63) is 101 Å². The van der Waals surface area contributed by atoms with E-state index in [9.17, 15) is 14.7 Å². The van der Waals surface area contributed by atoms with Crippen LogP contribution in [0.25, 0.3) is 5.70 Å². The average molecular weight is 443 g/mol. The molecule has 1 atom stereocenters. The van der Waals surface area contributed by atoms with E-state index in [0.29, 0.717) is 35.5 Å². The Balaban J connectivity index is 1.83. The van der Waals surface area contributed by atoms with Crippen LogP contribution in [0.3, 0.4) is 0 Å². The molecule has 6 heteroatoms. The molecule has 0 saturated heterocycles. The summed E-state index contributed by atoms with van der Waals surface area (Å²) in [6.07, 6.45) is 0.643. The molecule has 1 aliphatic heterocycles. The molecule has 0 bridgehead atoms. The van der Waals surface area contributed by atoms with Crippen molar-refractivity contribution >= 4 is 17.5 Å². The molecular weight excluding hydrogens is 416 g/mol. The number of carbonyl (C=O) groups excluding carboxylic acids is 2. The first-order valence-electron chi connectivity index (χ1n) is 10.8. The number of amides is 2. The molecule has 1 unspecified atom stereocenters. The lowest BCUT2D eigenvalue weighted by molar-refractivity contribution is -0.114. The number of phenols is 1. The van der Waals surface area contributed by atoms with Gasteiger partial charge in [0.25, 0.3) is 0 Å². The van der Waals surface area contributed by atoms with Crippen LogP contribution >= 0.6 is 0 Å². The molecule has 0 aromatic heterocycles. The maximum absolute atomic E-state index is 13.3. The molecule has 0 aliphatic carbocycles. The quantitative estimate of drug-likeness (QED) is 0.555. The maximum atomic E-state index is 13.3. The smallest absolute Gasteiger partial charge is 0.322 e. The van der Waals surface area contributed by atoms with E-state index >= 15 is 0 Å². The number of hydrogen-bond donors (Lipinski definition) is 2. The Kier molecular flexibility index (Phi) is 6.45. The third kappa shape index (κ3) is 4.60. The van der Waals surface area contributed by atoms with Crippen LogP contribution in [0.15, 0.2) is 84.4 Å². The van der Waals surface area contributed by atoms with Crippen molar-refractivity contribution in [1.82, 2.24) is 10.2 Å². The number of ketones is 1. The van der Waals surface area contributed by atoms with Crippen LogP contribution in [0.4, 0.5) is 4.79 Å². The zero-order valence-electron chi connectivity index (χ0n) is 18.6. The van der Waals surface area contributed by atoms with Gasteiger partial charge in [-0.1, -0.05) is 66.7 Å². The molecule has 3 aromatic rings. The lowest BCUT2D eigenvalue weighted by Crippen LogP contribution is -2.48. The molecule has 0 spiro atoms. The Hall–Kier alpha value is -4.06. The van der Waals surface area contributed by atoms with Gasteiger partial charge in [0.2, 0.25) is 0 Å². The third-order valence-electron chi connectivity index (χ3n) is 5.76. The molecule has 1 heterocycles. The second kappa shape index (κ2) is 9.61. The Bertz CT molecular complexity index is 1190. The van der Waals surface area contributed by atoms with E-state index in [1.165, 1.54) is 20.1 Å². The summed E-state index contributed by atoms with van der Waals surface area (Å²) in [5.41, 5.74) is 3.54. The summed E-state index contributed by atoms with van der Waals surface area (Å²) in [6, 6.07) is 23.3. The third-order valence-corrected chi connectivity index (χ3v) is 5.76. The van der Waals surface area contributed by atoms with Gasteiger partial charge in [0, 0.05) is 12.1 Å². The highest BCUT2D eigenvalue weighted by Gasteiger charge is 2.36. The normalized spacial score (nSPS) is 15.9. The van der Waals surface area contributed by atoms with Gasteiger partial charge in [-0.05, 0) is 42.2 Å². The topological polar surface area (TPSA) is 78.9 Å². The number of hydrogen-bond acceptors (Lipinski definition) is 4. The SMILES string of the molecule is COc1ccc(C2NC(=O)N(CCc3ccccc3)C(c3ccccc3)=C2C(C)=O)cc1O. The fourth-order valence-electron chi connectivity index (χ4n) is 4.17. The minimum absolute atomic E-state index is 0.0556. The van der Waals surface area contributed by atoms with Crippen LogP contribution in [0.5, 0.6) is 11.5 Å². The first kappa shape index (κ1) is 22.1. The van der Waals surface area contributed by atoms with Gasteiger partial charge in [-0.15, -0.1) is 0 Å². The van der Waals surface area contributed by atoms with Crippen molar-refractivity contribution in [3.63, 3.8) is 0 Å². The van der Waals surface area contributed by atoms with Gasteiger partial charge in [-0.25, -0.2) is 4.79 Å². The summed E-state index contributed by atoms with van der Waals surface area (Å²) in [6.45, 7) is 1.92. The second-order valence-corrected chi connectivity index (χ2v) is 7.89. The van der Waals surface area contributed by atoms with Gasteiger partial charge >= 0.3 is 6.03 Å². The van der Waals surface area contributed by atoms with E-state index in [-0.39, 0.29) is 17.6 Å². The van der Waals surface area contributed by atoms with Crippen LogP contribution in [0.1, 0.15) is 29.7 Å². The number of benzene rings is 3. The molecule has 0 fully saturated rings. The molecule has 2 amide bonds. The van der Waals surface area contributed by atoms with E-state index in [4.69, 9.17) is 4.74 Å². The minimum atomic E-state index is -0.699. The highest BCUT2D eigenvalue weighted by molar-refractivity contribution is 6.07. The molecule has 6 nitrogen and oxygen atoms in total. The molecule has 33 heavy (non-hydrogen) atoms. The van der Waals surface area contributed by atoms with Crippen molar-refractivity contribution < 1.29 is 19.4 Å². The molecule has 1 aliphatic rings. The number of Topliss-reactive ketones (excluding diaryl/α,β-unsaturated/α-hetero) is 1. The summed E-state index contributed by atoms with van der Waals surface area (Å²) in [7, 11) is 1.47. The van der Waals surface area contributed by atoms with E-state index in [1.54, 1.807) is 17.0 Å². The van der Waals surface area contributed by atoms with E-state index in [0.717, 1.165) is 11.1 Å². The lowest BCUT2D eigenvalue weighted by atomic mass is 9.89. The number of methoxy groups -OCH3 is 1. The number of nitrogens with one attached hydrogen (secondary N) is 1. The number of aromatic hydroxyl groups is 1. The molecule has 0 radical (unpaired) electrons. The number of carbonyl (C=O) groups is 2. The Morgan fingerprint density at radius 2 is 1.70 bits per heavy atom. The van der Waals surface area contributed by atoms with Crippen molar-refractivity contribution in [3.8, 4) is 11.5 Å². The molecule has 168 valence electrons. The number of rotatable bonds is 7.